The van der Waals surface area contributed by atoms with Crippen LogP contribution in [-0.4, -0.2) is 52.4 Å². The van der Waals surface area contributed by atoms with Gasteiger partial charge in [0.1, 0.15) is 18.1 Å². The van der Waals surface area contributed by atoms with Crippen LogP contribution in [-0.2, 0) is 28.4 Å². The normalized spacial score (nSPS) is 19.2. The van der Waals surface area contributed by atoms with Crippen molar-refractivity contribution in [2.75, 3.05) is 17.7 Å². The maximum absolute atomic E-state index is 12.9. The van der Waals surface area contributed by atoms with Gasteiger partial charge in [0.05, 0.1) is 24.7 Å². The Morgan fingerprint density at radius 2 is 2.21 bits per heavy atom. The summed E-state index contributed by atoms with van der Waals surface area (Å²) < 4.78 is 32.0. The quantitative estimate of drug-likeness (QED) is 0.769. The molecule has 24 heavy (non-hydrogen) atoms. The molecule has 3 heterocycles. The third kappa shape index (κ3) is 3.20. The van der Waals surface area contributed by atoms with Gasteiger partial charge in [-0.3, -0.25) is 14.4 Å². The van der Waals surface area contributed by atoms with Crippen LogP contribution in [0.5, 0.6) is 0 Å². The first-order valence-corrected chi connectivity index (χ1v) is 9.38. The number of amides is 1. The first-order valence-electron chi connectivity index (χ1n) is 7.53. The molecule has 2 aromatic rings. The van der Waals surface area contributed by atoms with Crippen molar-refractivity contribution >= 4 is 21.7 Å². The van der Waals surface area contributed by atoms with E-state index in [9.17, 15) is 13.2 Å². The van der Waals surface area contributed by atoms with Gasteiger partial charge >= 0.3 is 0 Å². The summed E-state index contributed by atoms with van der Waals surface area (Å²) >= 11 is 0. The van der Waals surface area contributed by atoms with Gasteiger partial charge in [-0.15, -0.1) is 0 Å². The van der Waals surface area contributed by atoms with E-state index in [2.05, 4.69) is 10.3 Å². The van der Waals surface area contributed by atoms with E-state index >= 15 is 0 Å². The highest BCUT2D eigenvalue weighted by molar-refractivity contribution is 7.88. The number of carbonyl (C=O) groups is 1. The van der Waals surface area contributed by atoms with Gasteiger partial charge in [0, 0.05) is 25.7 Å². The number of hydrogen-bond acceptors (Lipinski definition) is 6. The minimum Gasteiger partial charge on any atom is -0.364 e. The molecular formula is C14H19N5O4S. The molecule has 2 aromatic heterocycles. The topological polar surface area (TPSA) is 102 Å². The molecule has 1 saturated heterocycles. The van der Waals surface area contributed by atoms with Gasteiger partial charge < -0.3 is 4.52 Å². The number of aromatic nitrogens is 3. The highest BCUT2D eigenvalue weighted by Crippen LogP contribution is 2.25. The minimum atomic E-state index is -3.59. The fraction of sp³-hybridized carbons (Fsp3) is 0.500. The van der Waals surface area contributed by atoms with Crippen LogP contribution in [0.4, 0.5) is 5.82 Å². The molecule has 0 aromatic carbocycles. The molecule has 1 aliphatic rings. The van der Waals surface area contributed by atoms with Crippen molar-refractivity contribution in [3.05, 3.63) is 30.3 Å². The van der Waals surface area contributed by atoms with Crippen molar-refractivity contribution in [1.82, 2.24) is 19.2 Å². The lowest BCUT2D eigenvalue weighted by Gasteiger charge is -2.36. The average molecular weight is 353 g/mol. The molecule has 0 saturated carbocycles. The first kappa shape index (κ1) is 16.7. The minimum absolute atomic E-state index is 0.00493. The predicted octanol–water partition coefficient (Wildman–Crippen LogP) is 0.365. The summed E-state index contributed by atoms with van der Waals surface area (Å²) in [7, 11) is -1.85. The lowest BCUT2D eigenvalue weighted by atomic mass is 10.0. The van der Waals surface area contributed by atoms with Gasteiger partial charge in [-0.05, 0) is 12.8 Å². The number of sulfonamides is 1. The van der Waals surface area contributed by atoms with Gasteiger partial charge in [-0.1, -0.05) is 5.16 Å². The van der Waals surface area contributed by atoms with Crippen LogP contribution in [0.1, 0.15) is 18.5 Å². The number of nitrogens with zero attached hydrogens (tertiary/aromatic N) is 5. The Kier molecular flexibility index (Phi) is 4.41. The standard InChI is InChI=1S/C14H19N5O4S/c1-17-13(5-7-15-17)18-8-3-4-12(14(18)20)19(24(2,21)22)10-11-6-9-23-16-11/h5-7,9,12H,3-4,8,10H2,1-2H3/t12-/m0/s1. The Morgan fingerprint density at radius 3 is 2.79 bits per heavy atom. The number of carbonyl (C=O) groups excluding carboxylic acids is 1. The zero-order valence-corrected chi connectivity index (χ0v) is 14.3. The summed E-state index contributed by atoms with van der Waals surface area (Å²) in [4.78, 5) is 14.5. The summed E-state index contributed by atoms with van der Waals surface area (Å²) in [5.41, 5.74) is 0.464. The molecular weight excluding hydrogens is 334 g/mol. The van der Waals surface area contributed by atoms with Crippen molar-refractivity contribution in [2.24, 2.45) is 7.05 Å². The lowest BCUT2D eigenvalue weighted by Crippen LogP contribution is -2.54. The Balaban J connectivity index is 1.89. The van der Waals surface area contributed by atoms with Crippen molar-refractivity contribution < 1.29 is 17.7 Å². The zero-order valence-electron chi connectivity index (χ0n) is 13.5. The highest BCUT2D eigenvalue weighted by Gasteiger charge is 2.39. The molecule has 1 atom stereocenters. The smallest absolute Gasteiger partial charge is 0.246 e. The SMILES string of the molecule is Cn1nccc1N1CCC[C@H](N(Cc2ccon2)S(C)(=O)=O)C1=O. The second-order valence-corrected chi connectivity index (χ2v) is 7.69. The van der Waals surface area contributed by atoms with Crippen molar-refractivity contribution in [1.29, 1.82) is 0 Å². The van der Waals surface area contributed by atoms with Crippen LogP contribution in [0.25, 0.3) is 0 Å². The molecule has 0 bridgehead atoms. The Hall–Kier alpha value is -2.20. The first-order chi connectivity index (χ1) is 11.4. The van der Waals surface area contributed by atoms with E-state index in [0.717, 1.165) is 6.26 Å². The molecule has 0 aliphatic carbocycles. The summed E-state index contributed by atoms with van der Waals surface area (Å²) in [6, 6.07) is 2.56. The van der Waals surface area contributed by atoms with Crippen LogP contribution in [0.15, 0.2) is 29.1 Å². The van der Waals surface area contributed by atoms with Gasteiger partial charge in [0.2, 0.25) is 15.9 Å². The second-order valence-electron chi connectivity index (χ2n) is 5.76. The van der Waals surface area contributed by atoms with Crippen LogP contribution in [0, 0.1) is 0 Å². The largest absolute Gasteiger partial charge is 0.364 e. The molecule has 0 spiro atoms. The molecule has 0 unspecified atom stereocenters. The molecule has 1 aliphatic heterocycles. The van der Waals surface area contributed by atoms with E-state index in [1.54, 1.807) is 35.0 Å². The third-order valence-electron chi connectivity index (χ3n) is 4.06. The van der Waals surface area contributed by atoms with E-state index < -0.39 is 16.1 Å². The van der Waals surface area contributed by atoms with E-state index in [-0.39, 0.29) is 12.5 Å². The van der Waals surface area contributed by atoms with E-state index in [4.69, 9.17) is 4.52 Å². The van der Waals surface area contributed by atoms with Crippen LogP contribution in [0.2, 0.25) is 0 Å². The molecule has 3 rings (SSSR count). The number of hydrogen-bond donors (Lipinski definition) is 0. The molecule has 9 nitrogen and oxygen atoms in total. The van der Waals surface area contributed by atoms with Crippen LogP contribution >= 0.6 is 0 Å². The van der Waals surface area contributed by atoms with Crippen molar-refractivity contribution in [2.45, 2.75) is 25.4 Å². The number of piperidine rings is 1. The monoisotopic (exact) mass is 353 g/mol. The predicted molar refractivity (Wildman–Crippen MR) is 85.5 cm³/mol. The summed E-state index contributed by atoms with van der Waals surface area (Å²) in [6.45, 7) is 0.543. The molecule has 0 N–H and O–H groups in total. The van der Waals surface area contributed by atoms with E-state index in [0.29, 0.717) is 30.9 Å². The Morgan fingerprint density at radius 1 is 1.42 bits per heavy atom. The summed E-state index contributed by atoms with van der Waals surface area (Å²) in [6.07, 6.45) is 5.25. The maximum atomic E-state index is 12.9. The number of aryl methyl sites for hydroxylation is 1. The Bertz CT molecular complexity index is 814. The Labute approximate surface area is 139 Å². The lowest BCUT2D eigenvalue weighted by molar-refractivity contribution is -0.123. The fourth-order valence-electron chi connectivity index (χ4n) is 2.92. The zero-order chi connectivity index (χ0) is 17.3. The van der Waals surface area contributed by atoms with E-state index in [1.807, 2.05) is 0 Å². The maximum Gasteiger partial charge on any atom is 0.246 e. The second kappa shape index (κ2) is 6.36. The van der Waals surface area contributed by atoms with Gasteiger partial charge in [-0.25, -0.2) is 8.42 Å². The van der Waals surface area contributed by atoms with Crippen LogP contribution < -0.4 is 4.90 Å². The summed E-state index contributed by atoms with van der Waals surface area (Å²) in [5, 5.41) is 7.83. The van der Waals surface area contributed by atoms with Crippen molar-refractivity contribution in [3.63, 3.8) is 0 Å². The molecule has 0 radical (unpaired) electrons. The molecule has 130 valence electrons. The molecule has 1 fully saturated rings. The van der Waals surface area contributed by atoms with Gasteiger partial charge in [-0.2, -0.15) is 9.40 Å². The number of rotatable bonds is 5. The van der Waals surface area contributed by atoms with Crippen molar-refractivity contribution in [3.8, 4) is 0 Å². The summed E-state index contributed by atoms with van der Waals surface area (Å²) in [5.74, 6) is 0.401. The average Bonchev–Trinajstić information content (AvgIpc) is 3.16. The third-order valence-corrected chi connectivity index (χ3v) is 5.30. The molecule has 1 amide bonds. The number of anilines is 1. The highest BCUT2D eigenvalue weighted by atomic mass is 32.2. The fourth-order valence-corrected chi connectivity index (χ4v) is 3.94. The van der Waals surface area contributed by atoms with E-state index in [1.165, 1.54) is 10.6 Å². The van der Waals surface area contributed by atoms with Gasteiger partial charge in [0.15, 0.2) is 0 Å². The molecule has 10 heteroatoms. The van der Waals surface area contributed by atoms with Crippen LogP contribution in [0.3, 0.4) is 0 Å². The van der Waals surface area contributed by atoms with Gasteiger partial charge in [0.25, 0.3) is 0 Å².